The SMILES string of the molecule is Cc1nc2nc(C)c(CCC(=O)N3CCN(Cc4ccccc4)CC3)c(C)n2n1. The fourth-order valence-corrected chi connectivity index (χ4v) is 4.06. The van der Waals surface area contributed by atoms with Crippen LogP contribution in [0.25, 0.3) is 5.78 Å². The van der Waals surface area contributed by atoms with Crippen molar-refractivity contribution in [2.45, 2.75) is 40.2 Å². The number of carbonyl (C=O) groups is 1. The Bertz CT molecular complexity index is 1010. The number of hydrogen-bond acceptors (Lipinski definition) is 5. The Morgan fingerprint density at radius 3 is 2.45 bits per heavy atom. The Morgan fingerprint density at radius 2 is 1.72 bits per heavy atom. The van der Waals surface area contributed by atoms with Crippen LogP contribution in [0.3, 0.4) is 0 Å². The molecule has 0 saturated carbocycles. The summed E-state index contributed by atoms with van der Waals surface area (Å²) in [5, 5.41) is 4.42. The van der Waals surface area contributed by atoms with Crippen LogP contribution in [0.2, 0.25) is 0 Å². The molecule has 1 amide bonds. The minimum atomic E-state index is 0.220. The quantitative estimate of drug-likeness (QED) is 0.667. The molecule has 3 aromatic rings. The highest BCUT2D eigenvalue weighted by atomic mass is 16.2. The highest BCUT2D eigenvalue weighted by molar-refractivity contribution is 5.76. The van der Waals surface area contributed by atoms with Crippen molar-refractivity contribution in [2.24, 2.45) is 0 Å². The van der Waals surface area contributed by atoms with E-state index in [9.17, 15) is 4.79 Å². The molecule has 0 N–H and O–H groups in total. The van der Waals surface area contributed by atoms with Crippen LogP contribution in [-0.2, 0) is 17.8 Å². The lowest BCUT2D eigenvalue weighted by atomic mass is 10.1. The molecule has 0 atom stereocenters. The van der Waals surface area contributed by atoms with Crippen LogP contribution >= 0.6 is 0 Å². The number of aromatic nitrogens is 4. The monoisotopic (exact) mass is 392 g/mol. The highest BCUT2D eigenvalue weighted by Crippen LogP contribution is 2.17. The van der Waals surface area contributed by atoms with Crippen molar-refractivity contribution in [3.05, 3.63) is 58.7 Å². The number of nitrogens with zero attached hydrogens (tertiary/aromatic N) is 6. The zero-order valence-electron chi connectivity index (χ0n) is 17.4. The lowest BCUT2D eigenvalue weighted by Gasteiger charge is -2.35. The Balaban J connectivity index is 1.33. The molecule has 7 nitrogen and oxygen atoms in total. The van der Waals surface area contributed by atoms with E-state index < -0.39 is 0 Å². The summed E-state index contributed by atoms with van der Waals surface area (Å²) in [6.45, 7) is 10.3. The van der Waals surface area contributed by atoms with Crippen LogP contribution in [-0.4, -0.2) is 61.5 Å². The first-order chi connectivity index (χ1) is 14.0. The van der Waals surface area contributed by atoms with Crippen molar-refractivity contribution >= 4 is 11.7 Å². The van der Waals surface area contributed by atoms with Crippen LogP contribution < -0.4 is 0 Å². The van der Waals surface area contributed by atoms with E-state index in [1.54, 1.807) is 4.52 Å². The van der Waals surface area contributed by atoms with Gasteiger partial charge in [0.25, 0.3) is 5.78 Å². The van der Waals surface area contributed by atoms with Crippen molar-refractivity contribution in [1.82, 2.24) is 29.4 Å². The van der Waals surface area contributed by atoms with Crippen LogP contribution in [0.5, 0.6) is 0 Å². The topological polar surface area (TPSA) is 66.6 Å². The first kappa shape index (κ1) is 19.5. The van der Waals surface area contributed by atoms with E-state index >= 15 is 0 Å². The summed E-state index contributed by atoms with van der Waals surface area (Å²) >= 11 is 0. The second kappa shape index (κ2) is 8.29. The van der Waals surface area contributed by atoms with Gasteiger partial charge in [0.15, 0.2) is 0 Å². The van der Waals surface area contributed by atoms with E-state index in [0.29, 0.717) is 24.4 Å². The minimum absolute atomic E-state index is 0.220. The number of carbonyl (C=O) groups excluding carboxylic acids is 1. The maximum atomic E-state index is 12.8. The summed E-state index contributed by atoms with van der Waals surface area (Å²) in [7, 11) is 0. The van der Waals surface area contributed by atoms with Gasteiger partial charge in [-0.3, -0.25) is 9.69 Å². The summed E-state index contributed by atoms with van der Waals surface area (Å²) in [6.07, 6.45) is 1.18. The molecule has 1 aromatic carbocycles. The van der Waals surface area contributed by atoms with Crippen molar-refractivity contribution in [3.63, 3.8) is 0 Å². The van der Waals surface area contributed by atoms with Crippen LogP contribution in [0.4, 0.5) is 0 Å². The molecule has 0 bridgehead atoms. The average molecular weight is 393 g/mol. The molecular weight excluding hydrogens is 364 g/mol. The van der Waals surface area contributed by atoms with Crippen LogP contribution in [0, 0.1) is 20.8 Å². The van der Waals surface area contributed by atoms with E-state index in [-0.39, 0.29) is 5.91 Å². The zero-order valence-corrected chi connectivity index (χ0v) is 17.4. The second-order valence-corrected chi connectivity index (χ2v) is 7.77. The molecule has 7 heteroatoms. The number of fused-ring (bicyclic) bond motifs is 1. The minimum Gasteiger partial charge on any atom is -0.340 e. The Morgan fingerprint density at radius 1 is 1.00 bits per heavy atom. The summed E-state index contributed by atoms with van der Waals surface area (Å²) in [5.74, 6) is 1.56. The summed E-state index contributed by atoms with van der Waals surface area (Å²) in [4.78, 5) is 26.1. The van der Waals surface area contributed by atoms with E-state index in [4.69, 9.17) is 0 Å². The van der Waals surface area contributed by atoms with Crippen LogP contribution in [0.15, 0.2) is 30.3 Å². The van der Waals surface area contributed by atoms with Crippen molar-refractivity contribution in [3.8, 4) is 0 Å². The third-order valence-corrected chi connectivity index (χ3v) is 5.72. The largest absolute Gasteiger partial charge is 0.340 e. The summed E-state index contributed by atoms with van der Waals surface area (Å²) in [5.41, 5.74) is 4.37. The molecule has 2 aromatic heterocycles. The third-order valence-electron chi connectivity index (χ3n) is 5.72. The van der Waals surface area contributed by atoms with E-state index in [1.165, 1.54) is 5.56 Å². The van der Waals surface area contributed by atoms with E-state index in [1.807, 2.05) is 31.7 Å². The van der Waals surface area contributed by atoms with E-state index in [2.05, 4.69) is 44.2 Å². The molecular formula is C22H28N6O. The predicted molar refractivity (Wildman–Crippen MR) is 112 cm³/mol. The van der Waals surface area contributed by atoms with Gasteiger partial charge in [0, 0.05) is 50.5 Å². The first-order valence-corrected chi connectivity index (χ1v) is 10.2. The van der Waals surface area contributed by atoms with Gasteiger partial charge in [-0.2, -0.15) is 10.1 Å². The van der Waals surface area contributed by atoms with Gasteiger partial charge in [-0.05, 0) is 38.3 Å². The van der Waals surface area contributed by atoms with Gasteiger partial charge in [0.1, 0.15) is 5.82 Å². The van der Waals surface area contributed by atoms with Gasteiger partial charge >= 0.3 is 0 Å². The maximum absolute atomic E-state index is 12.8. The average Bonchev–Trinajstić information content (AvgIpc) is 3.09. The Kier molecular flexibility index (Phi) is 5.58. The molecule has 1 aliphatic rings. The van der Waals surface area contributed by atoms with Gasteiger partial charge in [0.2, 0.25) is 5.91 Å². The Labute approximate surface area is 171 Å². The first-order valence-electron chi connectivity index (χ1n) is 10.2. The normalized spacial score (nSPS) is 15.2. The zero-order chi connectivity index (χ0) is 20.4. The molecule has 0 spiro atoms. The van der Waals surface area contributed by atoms with Gasteiger partial charge < -0.3 is 4.90 Å². The van der Waals surface area contributed by atoms with Crippen LogP contribution in [0.1, 0.15) is 34.8 Å². The van der Waals surface area contributed by atoms with Crippen molar-refractivity contribution < 1.29 is 4.79 Å². The lowest BCUT2D eigenvalue weighted by Crippen LogP contribution is -2.48. The molecule has 4 rings (SSSR count). The van der Waals surface area contributed by atoms with Gasteiger partial charge in [-0.1, -0.05) is 30.3 Å². The van der Waals surface area contributed by atoms with Gasteiger partial charge in [0.05, 0.1) is 0 Å². The number of rotatable bonds is 5. The standard InChI is InChI=1S/C22H28N6O/c1-16-20(17(2)28-22(23-16)24-18(3)25-28)9-10-21(29)27-13-11-26(12-14-27)15-19-7-5-4-6-8-19/h4-8H,9-15H2,1-3H3. The summed E-state index contributed by atoms with van der Waals surface area (Å²) in [6, 6.07) is 10.5. The maximum Gasteiger partial charge on any atom is 0.252 e. The van der Waals surface area contributed by atoms with Crippen molar-refractivity contribution in [1.29, 1.82) is 0 Å². The van der Waals surface area contributed by atoms with Gasteiger partial charge in [-0.15, -0.1) is 0 Å². The molecule has 152 valence electrons. The number of benzene rings is 1. The molecule has 0 aliphatic carbocycles. The molecule has 3 heterocycles. The molecule has 1 aliphatic heterocycles. The molecule has 1 saturated heterocycles. The highest BCUT2D eigenvalue weighted by Gasteiger charge is 2.22. The molecule has 1 fully saturated rings. The number of amides is 1. The lowest BCUT2D eigenvalue weighted by molar-refractivity contribution is -0.133. The molecule has 0 radical (unpaired) electrons. The number of hydrogen-bond donors (Lipinski definition) is 0. The number of piperazine rings is 1. The smallest absolute Gasteiger partial charge is 0.252 e. The van der Waals surface area contributed by atoms with Gasteiger partial charge in [-0.25, -0.2) is 9.50 Å². The van der Waals surface area contributed by atoms with E-state index in [0.717, 1.165) is 49.7 Å². The fraction of sp³-hybridized carbons (Fsp3) is 0.455. The fourth-order valence-electron chi connectivity index (χ4n) is 4.06. The third kappa shape index (κ3) is 4.29. The predicted octanol–water partition coefficient (Wildman–Crippen LogP) is 2.33. The molecule has 29 heavy (non-hydrogen) atoms. The van der Waals surface area contributed by atoms with Crippen molar-refractivity contribution in [2.75, 3.05) is 26.2 Å². The molecule has 0 unspecified atom stereocenters. The Hall–Kier alpha value is -2.80. The second-order valence-electron chi connectivity index (χ2n) is 7.77. The summed E-state index contributed by atoms with van der Waals surface area (Å²) < 4.78 is 1.78. The number of aryl methyl sites for hydroxylation is 3.